The van der Waals surface area contributed by atoms with Gasteiger partial charge in [0.2, 0.25) is 0 Å². The molecular formula is C35H31N3O5S2. The first-order chi connectivity index (χ1) is 21.9. The van der Waals surface area contributed by atoms with E-state index in [9.17, 15) is 14.4 Å². The molecule has 1 atom stereocenters. The molecule has 3 heterocycles. The SMILES string of the molecule is CCOC(=O)Cn1cc(C=c2sc3n(c2=O)C(c2ccc(SC)cc2)C(C(=O)OCC)=C(c2ccccc2)N=3)c2ccccc21. The molecule has 1 aliphatic heterocycles. The molecule has 0 saturated carbocycles. The van der Waals surface area contributed by atoms with Crippen molar-refractivity contribution in [1.82, 2.24) is 9.13 Å². The Kier molecular flexibility index (Phi) is 8.86. The van der Waals surface area contributed by atoms with Crippen LogP contribution >= 0.6 is 23.1 Å². The molecule has 6 rings (SSSR count). The lowest BCUT2D eigenvalue weighted by molar-refractivity contribution is -0.143. The van der Waals surface area contributed by atoms with Gasteiger partial charge in [-0.25, -0.2) is 9.79 Å². The first-order valence-corrected chi connectivity index (χ1v) is 16.6. The second-order valence-corrected chi connectivity index (χ2v) is 12.1. The van der Waals surface area contributed by atoms with Crippen LogP contribution < -0.4 is 14.9 Å². The highest BCUT2D eigenvalue weighted by atomic mass is 32.2. The van der Waals surface area contributed by atoms with E-state index in [0.29, 0.717) is 27.2 Å². The van der Waals surface area contributed by atoms with Gasteiger partial charge in [0.25, 0.3) is 5.56 Å². The molecule has 5 aromatic rings. The Hall–Kier alpha value is -4.67. The molecule has 1 unspecified atom stereocenters. The fraction of sp³-hybridized carbons (Fsp3) is 0.200. The van der Waals surface area contributed by atoms with E-state index in [1.165, 1.54) is 11.3 Å². The van der Waals surface area contributed by atoms with Gasteiger partial charge in [0.15, 0.2) is 4.80 Å². The molecule has 0 bridgehead atoms. The van der Waals surface area contributed by atoms with Crippen LogP contribution in [0.15, 0.2) is 105 Å². The van der Waals surface area contributed by atoms with Gasteiger partial charge in [0.1, 0.15) is 6.54 Å². The summed E-state index contributed by atoms with van der Waals surface area (Å²) in [7, 11) is 0. The zero-order valence-electron chi connectivity index (χ0n) is 25.1. The summed E-state index contributed by atoms with van der Waals surface area (Å²) in [6, 6.07) is 24.3. The Morgan fingerprint density at radius 2 is 1.67 bits per heavy atom. The van der Waals surface area contributed by atoms with Crippen molar-refractivity contribution in [3.8, 4) is 0 Å². The summed E-state index contributed by atoms with van der Waals surface area (Å²) in [6.07, 6.45) is 5.69. The van der Waals surface area contributed by atoms with Crippen LogP contribution in [0.1, 0.15) is 36.6 Å². The van der Waals surface area contributed by atoms with Crippen LogP contribution in [-0.2, 0) is 25.6 Å². The maximum atomic E-state index is 14.3. The lowest BCUT2D eigenvalue weighted by Crippen LogP contribution is -2.40. The smallest absolute Gasteiger partial charge is 0.338 e. The Labute approximate surface area is 267 Å². The predicted molar refractivity (Wildman–Crippen MR) is 178 cm³/mol. The lowest BCUT2D eigenvalue weighted by atomic mass is 9.93. The lowest BCUT2D eigenvalue weighted by Gasteiger charge is -2.26. The fourth-order valence-electron chi connectivity index (χ4n) is 5.55. The summed E-state index contributed by atoms with van der Waals surface area (Å²) >= 11 is 2.88. The van der Waals surface area contributed by atoms with Crippen molar-refractivity contribution >= 4 is 57.7 Å². The van der Waals surface area contributed by atoms with E-state index < -0.39 is 12.0 Å². The number of benzene rings is 3. The molecule has 45 heavy (non-hydrogen) atoms. The summed E-state index contributed by atoms with van der Waals surface area (Å²) in [5.41, 5.74) is 3.69. The average molecular weight is 638 g/mol. The maximum absolute atomic E-state index is 14.3. The normalized spacial score (nSPS) is 14.7. The second kappa shape index (κ2) is 13.1. The van der Waals surface area contributed by atoms with Crippen molar-refractivity contribution in [2.45, 2.75) is 31.3 Å². The number of para-hydroxylation sites is 1. The third kappa shape index (κ3) is 5.91. The molecular weight excluding hydrogens is 607 g/mol. The molecule has 0 saturated heterocycles. The fourth-order valence-corrected chi connectivity index (χ4v) is 6.95. The van der Waals surface area contributed by atoms with Crippen molar-refractivity contribution in [3.05, 3.63) is 127 Å². The quantitative estimate of drug-likeness (QED) is 0.164. The van der Waals surface area contributed by atoms with Crippen LogP contribution in [0.5, 0.6) is 0 Å². The van der Waals surface area contributed by atoms with Gasteiger partial charge in [-0.1, -0.05) is 72.0 Å². The van der Waals surface area contributed by atoms with Crippen LogP contribution in [0, 0.1) is 0 Å². The molecule has 2 aromatic heterocycles. The van der Waals surface area contributed by atoms with Crippen molar-refractivity contribution in [1.29, 1.82) is 0 Å². The number of rotatable bonds is 9. The van der Waals surface area contributed by atoms with Gasteiger partial charge in [-0.2, -0.15) is 0 Å². The number of hydrogen-bond acceptors (Lipinski definition) is 8. The number of hydrogen-bond donors (Lipinski definition) is 0. The Balaban J connectivity index is 1.59. The molecule has 0 radical (unpaired) electrons. The number of carbonyl (C=O) groups excluding carboxylic acids is 2. The van der Waals surface area contributed by atoms with E-state index in [1.54, 1.807) is 30.2 Å². The highest BCUT2D eigenvalue weighted by Gasteiger charge is 2.35. The van der Waals surface area contributed by atoms with Crippen molar-refractivity contribution in [2.24, 2.45) is 4.99 Å². The number of thioether (sulfide) groups is 1. The standard InChI is InChI=1S/C35H31N3O5S2/c1-4-42-29(39)21-37-20-24(26-13-9-10-14-27(26)37)19-28-33(40)38-32(23-15-17-25(44-3)18-16-23)30(34(41)43-5-2)31(36-35(38)45-28)22-11-7-6-8-12-22/h6-20,32H,4-5,21H2,1-3H3. The Morgan fingerprint density at radius 1 is 0.956 bits per heavy atom. The zero-order chi connectivity index (χ0) is 31.5. The molecule has 0 fully saturated rings. The maximum Gasteiger partial charge on any atom is 0.338 e. The topological polar surface area (TPSA) is 91.9 Å². The van der Waals surface area contributed by atoms with Crippen LogP contribution in [0.4, 0.5) is 0 Å². The van der Waals surface area contributed by atoms with Gasteiger partial charge < -0.3 is 14.0 Å². The number of fused-ring (bicyclic) bond motifs is 2. The van der Waals surface area contributed by atoms with Crippen LogP contribution in [-0.4, -0.2) is 40.5 Å². The summed E-state index contributed by atoms with van der Waals surface area (Å²) in [5.74, 6) is -0.855. The third-order valence-electron chi connectivity index (χ3n) is 7.52. The number of aromatic nitrogens is 2. The number of thiazole rings is 1. The highest BCUT2D eigenvalue weighted by molar-refractivity contribution is 7.98. The summed E-state index contributed by atoms with van der Waals surface area (Å²) in [6.45, 7) is 4.07. The van der Waals surface area contributed by atoms with Gasteiger partial charge >= 0.3 is 11.9 Å². The monoisotopic (exact) mass is 637 g/mol. The number of ether oxygens (including phenoxy) is 2. The van der Waals surface area contributed by atoms with Gasteiger partial charge in [0.05, 0.1) is 35.1 Å². The van der Waals surface area contributed by atoms with E-state index in [1.807, 2.05) is 102 Å². The minimum absolute atomic E-state index is 0.0544. The minimum Gasteiger partial charge on any atom is -0.465 e. The molecule has 0 amide bonds. The predicted octanol–water partition coefficient (Wildman–Crippen LogP) is 5.18. The molecule has 0 aliphatic carbocycles. The third-order valence-corrected chi connectivity index (χ3v) is 9.24. The molecule has 1 aliphatic rings. The van der Waals surface area contributed by atoms with Crippen LogP contribution in [0.25, 0.3) is 22.7 Å². The van der Waals surface area contributed by atoms with E-state index in [0.717, 1.165) is 32.5 Å². The highest BCUT2D eigenvalue weighted by Crippen LogP contribution is 2.35. The molecule has 0 spiro atoms. The van der Waals surface area contributed by atoms with Crippen LogP contribution in [0.3, 0.4) is 0 Å². The van der Waals surface area contributed by atoms with Gasteiger partial charge in [-0.3, -0.25) is 14.2 Å². The molecule has 10 heteroatoms. The van der Waals surface area contributed by atoms with Crippen molar-refractivity contribution < 1.29 is 19.1 Å². The molecule has 3 aromatic carbocycles. The molecule has 8 nitrogen and oxygen atoms in total. The molecule has 0 N–H and O–H groups in total. The summed E-state index contributed by atoms with van der Waals surface area (Å²) < 4.78 is 14.6. The summed E-state index contributed by atoms with van der Waals surface area (Å²) in [5, 5.41) is 0.897. The average Bonchev–Trinajstić information content (AvgIpc) is 3.56. The van der Waals surface area contributed by atoms with E-state index in [2.05, 4.69) is 0 Å². The van der Waals surface area contributed by atoms with E-state index in [-0.39, 0.29) is 24.7 Å². The number of carbonyl (C=O) groups is 2. The van der Waals surface area contributed by atoms with Gasteiger partial charge in [-0.05, 0) is 49.9 Å². The number of esters is 2. The second-order valence-electron chi connectivity index (χ2n) is 10.2. The summed E-state index contributed by atoms with van der Waals surface area (Å²) in [4.78, 5) is 46.8. The Morgan fingerprint density at radius 3 is 2.38 bits per heavy atom. The number of nitrogens with zero attached hydrogens (tertiary/aromatic N) is 3. The van der Waals surface area contributed by atoms with E-state index >= 15 is 0 Å². The van der Waals surface area contributed by atoms with Crippen molar-refractivity contribution in [3.63, 3.8) is 0 Å². The van der Waals surface area contributed by atoms with Crippen molar-refractivity contribution in [2.75, 3.05) is 19.5 Å². The molecule has 228 valence electrons. The Bertz CT molecular complexity index is 2110. The minimum atomic E-state index is -0.751. The van der Waals surface area contributed by atoms with Gasteiger partial charge in [0, 0.05) is 33.1 Å². The first-order valence-electron chi connectivity index (χ1n) is 14.6. The van der Waals surface area contributed by atoms with E-state index in [4.69, 9.17) is 14.5 Å². The first kappa shape index (κ1) is 30.4. The van der Waals surface area contributed by atoms with Crippen LogP contribution in [0.2, 0.25) is 0 Å². The zero-order valence-corrected chi connectivity index (χ0v) is 26.7. The largest absolute Gasteiger partial charge is 0.465 e. The van der Waals surface area contributed by atoms with Gasteiger partial charge in [-0.15, -0.1) is 11.8 Å².